The number of nitrogen functional groups attached to an aromatic ring is 1. The summed E-state index contributed by atoms with van der Waals surface area (Å²) in [5.74, 6) is 3.13. The van der Waals surface area contributed by atoms with Crippen LogP contribution in [-0.4, -0.2) is 19.9 Å². The highest BCUT2D eigenvalue weighted by molar-refractivity contribution is 5.66. The summed E-state index contributed by atoms with van der Waals surface area (Å²) in [7, 11) is 1.79. The second-order valence-electron chi connectivity index (χ2n) is 5.65. The van der Waals surface area contributed by atoms with Gasteiger partial charge in [0.2, 0.25) is 0 Å². The van der Waals surface area contributed by atoms with Gasteiger partial charge in [-0.3, -0.25) is 4.68 Å². The Bertz CT molecular complexity index is 580. The van der Waals surface area contributed by atoms with E-state index in [-0.39, 0.29) is 0 Å². The maximum atomic E-state index is 5.93. The van der Waals surface area contributed by atoms with Gasteiger partial charge < -0.3 is 10.3 Å². The number of aryl methyl sites for hydroxylation is 1. The molecule has 1 saturated carbocycles. The van der Waals surface area contributed by atoms with Crippen LogP contribution in [0.5, 0.6) is 0 Å². The maximum Gasteiger partial charge on any atom is 0.263 e. The first-order valence-corrected chi connectivity index (χ1v) is 7.30. The van der Waals surface area contributed by atoms with Crippen molar-refractivity contribution in [2.45, 2.75) is 44.9 Å². The van der Waals surface area contributed by atoms with E-state index in [1.165, 1.54) is 19.3 Å². The number of hydrogen-bond donors (Lipinski definition) is 1. The summed E-state index contributed by atoms with van der Waals surface area (Å²) >= 11 is 0. The van der Waals surface area contributed by atoms with Crippen LogP contribution in [0, 0.1) is 5.92 Å². The molecule has 6 nitrogen and oxygen atoms in total. The molecule has 2 aromatic rings. The van der Waals surface area contributed by atoms with Gasteiger partial charge in [-0.15, -0.1) is 0 Å². The average molecular weight is 275 g/mol. The van der Waals surface area contributed by atoms with Gasteiger partial charge in [0, 0.05) is 13.0 Å². The second kappa shape index (κ2) is 5.26. The highest BCUT2D eigenvalue weighted by Gasteiger charge is 2.26. The third-order valence-electron chi connectivity index (χ3n) is 4.45. The lowest BCUT2D eigenvalue weighted by Crippen LogP contribution is -2.13. The largest absolute Gasteiger partial charge is 0.383 e. The third kappa shape index (κ3) is 2.30. The fourth-order valence-electron chi connectivity index (χ4n) is 2.95. The summed E-state index contributed by atoms with van der Waals surface area (Å²) in [6.45, 7) is 2.27. The van der Waals surface area contributed by atoms with E-state index in [0.717, 1.165) is 24.6 Å². The molecule has 0 bridgehead atoms. The molecule has 108 valence electrons. The Labute approximate surface area is 118 Å². The normalized spacial score (nSPS) is 23.1. The monoisotopic (exact) mass is 275 g/mol. The Morgan fingerprint density at radius 3 is 2.70 bits per heavy atom. The Morgan fingerprint density at radius 2 is 2.10 bits per heavy atom. The molecule has 1 aliphatic rings. The zero-order valence-electron chi connectivity index (χ0n) is 12.0. The Kier molecular flexibility index (Phi) is 3.46. The number of aromatic nitrogens is 4. The van der Waals surface area contributed by atoms with Crippen LogP contribution in [0.4, 0.5) is 5.82 Å². The van der Waals surface area contributed by atoms with Crippen molar-refractivity contribution < 1.29 is 4.52 Å². The maximum absolute atomic E-state index is 5.93. The van der Waals surface area contributed by atoms with Crippen LogP contribution >= 0.6 is 0 Å². The summed E-state index contributed by atoms with van der Waals surface area (Å²) < 4.78 is 6.96. The molecule has 1 fully saturated rings. The van der Waals surface area contributed by atoms with Gasteiger partial charge in [-0.2, -0.15) is 10.1 Å². The number of anilines is 1. The van der Waals surface area contributed by atoms with Crippen LogP contribution in [0.3, 0.4) is 0 Å². The van der Waals surface area contributed by atoms with E-state index >= 15 is 0 Å². The minimum Gasteiger partial charge on any atom is -0.383 e. The molecule has 2 aromatic heterocycles. The lowest BCUT2D eigenvalue weighted by molar-refractivity contribution is 0.305. The molecule has 2 N–H and O–H groups in total. The molecule has 0 aromatic carbocycles. The van der Waals surface area contributed by atoms with Crippen molar-refractivity contribution >= 4 is 5.82 Å². The van der Waals surface area contributed by atoms with Crippen molar-refractivity contribution in [3.63, 3.8) is 0 Å². The van der Waals surface area contributed by atoms with E-state index < -0.39 is 0 Å². The third-order valence-corrected chi connectivity index (χ3v) is 4.45. The van der Waals surface area contributed by atoms with E-state index in [9.17, 15) is 0 Å². The molecule has 0 unspecified atom stereocenters. The molecule has 0 radical (unpaired) electrons. The summed E-state index contributed by atoms with van der Waals surface area (Å²) in [4.78, 5) is 4.52. The van der Waals surface area contributed by atoms with Gasteiger partial charge in [-0.25, -0.2) is 0 Å². The molecule has 0 amide bonds. The first-order valence-electron chi connectivity index (χ1n) is 7.30. The summed E-state index contributed by atoms with van der Waals surface area (Å²) in [6, 6.07) is 0. The van der Waals surface area contributed by atoms with Gasteiger partial charge in [0.1, 0.15) is 11.4 Å². The van der Waals surface area contributed by atoms with Gasteiger partial charge in [-0.1, -0.05) is 18.5 Å². The summed E-state index contributed by atoms with van der Waals surface area (Å²) in [6.07, 6.45) is 7.77. The Morgan fingerprint density at radius 1 is 1.35 bits per heavy atom. The molecule has 2 heterocycles. The number of nitrogens with zero attached hydrogens (tertiary/aromatic N) is 4. The summed E-state index contributed by atoms with van der Waals surface area (Å²) in [5, 5.41) is 8.24. The van der Waals surface area contributed by atoms with Crippen molar-refractivity contribution in [2.75, 3.05) is 5.73 Å². The molecule has 0 atom stereocenters. The smallest absolute Gasteiger partial charge is 0.263 e. The Balaban J connectivity index is 1.76. The van der Waals surface area contributed by atoms with Crippen LogP contribution in [0.15, 0.2) is 10.7 Å². The zero-order chi connectivity index (χ0) is 14.1. The van der Waals surface area contributed by atoms with Crippen molar-refractivity contribution in [1.29, 1.82) is 0 Å². The first kappa shape index (κ1) is 13.1. The molecule has 0 spiro atoms. The summed E-state index contributed by atoms with van der Waals surface area (Å²) in [5.41, 5.74) is 6.65. The predicted molar refractivity (Wildman–Crippen MR) is 75.9 cm³/mol. The van der Waals surface area contributed by atoms with Crippen LogP contribution in [0.25, 0.3) is 11.5 Å². The van der Waals surface area contributed by atoms with Gasteiger partial charge in [0.25, 0.3) is 5.89 Å². The van der Waals surface area contributed by atoms with Crippen LogP contribution in [0.2, 0.25) is 0 Å². The van der Waals surface area contributed by atoms with E-state index in [0.29, 0.717) is 23.2 Å². The highest BCUT2D eigenvalue weighted by Crippen LogP contribution is 2.36. The Hall–Kier alpha value is -1.85. The van der Waals surface area contributed by atoms with Crippen molar-refractivity contribution in [1.82, 2.24) is 19.9 Å². The molecular formula is C14H21N5O. The average Bonchev–Trinajstić information content (AvgIpc) is 3.08. The molecular weight excluding hydrogens is 254 g/mol. The topological polar surface area (TPSA) is 82.8 Å². The van der Waals surface area contributed by atoms with Crippen molar-refractivity contribution in [2.24, 2.45) is 13.0 Å². The van der Waals surface area contributed by atoms with Gasteiger partial charge in [0.05, 0.1) is 6.20 Å². The van der Waals surface area contributed by atoms with Gasteiger partial charge in [-0.05, 0) is 31.6 Å². The van der Waals surface area contributed by atoms with Crippen molar-refractivity contribution in [3.8, 4) is 11.5 Å². The van der Waals surface area contributed by atoms with Crippen molar-refractivity contribution in [3.05, 3.63) is 12.0 Å². The molecule has 20 heavy (non-hydrogen) atoms. The number of nitrogens with two attached hydrogens (primary N) is 1. The van der Waals surface area contributed by atoms with Crippen LogP contribution in [0.1, 0.15) is 50.8 Å². The number of hydrogen-bond acceptors (Lipinski definition) is 5. The standard InChI is InChI=1S/C14H21N5O/c1-3-9-4-6-10(7-5-9)13-17-14(20-18-13)11-8-16-19(2)12(11)15/h8-10H,3-7,15H2,1-2H3. The first-order chi connectivity index (χ1) is 9.69. The number of rotatable bonds is 3. The molecule has 0 saturated heterocycles. The molecule has 1 aliphatic carbocycles. The lowest BCUT2D eigenvalue weighted by atomic mass is 9.80. The van der Waals surface area contributed by atoms with Crippen LogP contribution < -0.4 is 5.73 Å². The molecule has 6 heteroatoms. The molecule has 3 rings (SSSR count). The highest BCUT2D eigenvalue weighted by atomic mass is 16.5. The quantitative estimate of drug-likeness (QED) is 0.931. The minimum atomic E-state index is 0.424. The molecule has 0 aliphatic heterocycles. The lowest BCUT2D eigenvalue weighted by Gasteiger charge is -2.25. The van der Waals surface area contributed by atoms with Gasteiger partial charge >= 0.3 is 0 Å². The second-order valence-corrected chi connectivity index (χ2v) is 5.65. The van der Waals surface area contributed by atoms with E-state index in [2.05, 4.69) is 22.2 Å². The minimum absolute atomic E-state index is 0.424. The van der Waals surface area contributed by atoms with Crippen LogP contribution in [-0.2, 0) is 7.05 Å². The zero-order valence-corrected chi connectivity index (χ0v) is 12.0. The van der Waals surface area contributed by atoms with E-state index in [4.69, 9.17) is 10.3 Å². The fourth-order valence-corrected chi connectivity index (χ4v) is 2.95. The van der Waals surface area contributed by atoms with E-state index in [1.54, 1.807) is 17.9 Å². The predicted octanol–water partition coefficient (Wildman–Crippen LogP) is 2.74. The fraction of sp³-hybridized carbons (Fsp3) is 0.643. The SMILES string of the molecule is CCC1CCC(c2noc(-c3cnn(C)c3N)n2)CC1. The van der Waals surface area contributed by atoms with Gasteiger partial charge in [0.15, 0.2) is 5.82 Å². The van der Waals surface area contributed by atoms with E-state index in [1.807, 2.05) is 0 Å².